The van der Waals surface area contributed by atoms with Gasteiger partial charge in [-0.3, -0.25) is 9.36 Å². The number of para-hydroxylation sites is 1. The van der Waals surface area contributed by atoms with Crippen LogP contribution < -0.4 is 24.4 Å². The number of imidazole rings is 1. The molecule has 0 radical (unpaired) electrons. The van der Waals surface area contributed by atoms with Gasteiger partial charge in [-0.2, -0.15) is 4.98 Å². The Morgan fingerprint density at radius 3 is 2.67 bits per heavy atom. The lowest BCUT2D eigenvalue weighted by atomic mass is 10.1. The third-order valence-electron chi connectivity index (χ3n) is 7.07. The molecule has 1 unspecified atom stereocenters. The van der Waals surface area contributed by atoms with Gasteiger partial charge in [-0.05, 0) is 36.8 Å². The molecule has 1 saturated heterocycles. The Kier molecular flexibility index (Phi) is 7.84. The fourth-order valence-corrected chi connectivity index (χ4v) is 5.00. The van der Waals surface area contributed by atoms with Gasteiger partial charge in [0.05, 0.1) is 6.04 Å². The van der Waals surface area contributed by atoms with Crippen LogP contribution in [0, 0.1) is 6.92 Å². The number of nitrogens with zero attached hydrogens (tertiary/aromatic N) is 6. The van der Waals surface area contributed by atoms with E-state index in [-0.39, 0.29) is 12.3 Å². The zero-order valence-electron chi connectivity index (χ0n) is 23.2. The fraction of sp³-hybridized carbons (Fsp3) is 0.300. The molecule has 4 aromatic rings. The van der Waals surface area contributed by atoms with E-state index in [2.05, 4.69) is 20.2 Å². The second-order valence-electron chi connectivity index (χ2n) is 10.1. The first-order valence-electron chi connectivity index (χ1n) is 13.8. The van der Waals surface area contributed by atoms with Gasteiger partial charge in [0.25, 0.3) is 0 Å². The van der Waals surface area contributed by atoms with Crippen molar-refractivity contribution in [2.45, 2.75) is 25.9 Å². The summed E-state index contributed by atoms with van der Waals surface area (Å²) in [6, 6.07) is 16.0. The highest BCUT2D eigenvalue weighted by Crippen LogP contribution is 2.30. The van der Waals surface area contributed by atoms with E-state index in [1.165, 1.54) is 0 Å². The minimum Gasteiger partial charge on any atom is -0.486 e. The molecule has 2 amide bonds. The normalized spacial score (nSPS) is 16.2. The van der Waals surface area contributed by atoms with E-state index in [9.17, 15) is 9.59 Å². The molecule has 2 aliphatic rings. The van der Waals surface area contributed by atoms with Gasteiger partial charge in [0.2, 0.25) is 11.9 Å². The quantitative estimate of drug-likeness (QED) is 0.357. The van der Waals surface area contributed by atoms with E-state index in [4.69, 9.17) is 19.2 Å². The fourth-order valence-electron chi connectivity index (χ4n) is 5.00. The molecule has 2 aliphatic heterocycles. The van der Waals surface area contributed by atoms with Crippen molar-refractivity contribution < 1.29 is 23.8 Å². The summed E-state index contributed by atoms with van der Waals surface area (Å²) in [6.07, 6.45) is 4.69. The molecule has 2 aromatic carbocycles. The number of amides is 2. The van der Waals surface area contributed by atoms with Crippen LogP contribution in [0.5, 0.6) is 17.2 Å². The van der Waals surface area contributed by atoms with Gasteiger partial charge < -0.3 is 29.3 Å². The van der Waals surface area contributed by atoms with Crippen molar-refractivity contribution in [3.8, 4) is 23.2 Å². The van der Waals surface area contributed by atoms with Gasteiger partial charge in [0.1, 0.15) is 31.1 Å². The molecule has 12 nitrogen and oxygen atoms in total. The van der Waals surface area contributed by atoms with Gasteiger partial charge in [-0.25, -0.2) is 14.8 Å². The Balaban J connectivity index is 1.18. The molecular formula is C30H31N7O5. The Bertz CT molecular complexity index is 1550. The van der Waals surface area contributed by atoms with Gasteiger partial charge in [0.15, 0.2) is 11.5 Å². The summed E-state index contributed by atoms with van der Waals surface area (Å²) in [6.45, 7) is 4.49. The number of hydrogen-bond donors (Lipinski definition) is 1. The zero-order chi connectivity index (χ0) is 28.9. The lowest BCUT2D eigenvalue weighted by Crippen LogP contribution is -2.57. The zero-order valence-corrected chi connectivity index (χ0v) is 23.2. The maximum atomic E-state index is 13.3. The molecule has 4 heterocycles. The van der Waals surface area contributed by atoms with Gasteiger partial charge in [-0.15, -0.1) is 0 Å². The average molecular weight is 570 g/mol. The maximum absolute atomic E-state index is 13.3. The first kappa shape index (κ1) is 27.1. The Labute approximate surface area is 242 Å². The summed E-state index contributed by atoms with van der Waals surface area (Å²) in [4.78, 5) is 43.5. The number of aromatic nitrogens is 4. The molecular weight excluding hydrogens is 538 g/mol. The largest absolute Gasteiger partial charge is 0.486 e. The van der Waals surface area contributed by atoms with Crippen LogP contribution in [0.3, 0.4) is 0 Å². The summed E-state index contributed by atoms with van der Waals surface area (Å²) in [5.74, 6) is 2.84. The predicted molar refractivity (Wildman–Crippen MR) is 153 cm³/mol. The van der Waals surface area contributed by atoms with Crippen LogP contribution in [0.1, 0.15) is 17.7 Å². The van der Waals surface area contributed by atoms with Crippen molar-refractivity contribution >= 4 is 17.8 Å². The van der Waals surface area contributed by atoms with E-state index >= 15 is 0 Å². The van der Waals surface area contributed by atoms with Crippen LogP contribution >= 0.6 is 0 Å². The smallest absolute Gasteiger partial charge is 0.415 e. The number of benzene rings is 2. The van der Waals surface area contributed by atoms with E-state index in [0.717, 1.165) is 11.3 Å². The first-order chi connectivity index (χ1) is 20.5. The molecule has 216 valence electrons. The lowest BCUT2D eigenvalue weighted by molar-refractivity contribution is -0.122. The molecule has 1 fully saturated rings. The van der Waals surface area contributed by atoms with Crippen LogP contribution in [0.15, 0.2) is 73.3 Å². The number of carbonyl (C=O) groups excluding carboxylic acids is 2. The van der Waals surface area contributed by atoms with Crippen molar-refractivity contribution in [1.82, 2.24) is 29.7 Å². The van der Waals surface area contributed by atoms with Crippen molar-refractivity contribution in [2.24, 2.45) is 0 Å². The number of anilines is 1. The standard InChI is InChI=1S/C30H31N7O5/c1-21-15-27(34-29(33-21)36-10-9-31-20-36)35-11-12-37(30(39)42-24-5-3-2-4-6-24)23(19-35)17-28(38)32-18-22-7-8-25-26(16-22)41-14-13-40-25/h2-10,15-16,20,23H,11-14,17-19H2,1H3,(H,32,38). The van der Waals surface area contributed by atoms with Crippen LogP contribution in [0.2, 0.25) is 0 Å². The lowest BCUT2D eigenvalue weighted by Gasteiger charge is -2.41. The molecule has 0 aliphatic carbocycles. The van der Waals surface area contributed by atoms with Crippen molar-refractivity contribution in [3.63, 3.8) is 0 Å². The van der Waals surface area contributed by atoms with E-state index in [1.807, 2.05) is 37.3 Å². The van der Waals surface area contributed by atoms with Crippen LogP contribution in [-0.4, -0.2) is 75.3 Å². The van der Waals surface area contributed by atoms with Gasteiger partial charge in [-0.1, -0.05) is 24.3 Å². The van der Waals surface area contributed by atoms with Crippen LogP contribution in [0.25, 0.3) is 5.95 Å². The summed E-state index contributed by atoms with van der Waals surface area (Å²) in [5.41, 5.74) is 1.69. The van der Waals surface area contributed by atoms with Crippen LogP contribution in [0.4, 0.5) is 10.6 Å². The third-order valence-corrected chi connectivity index (χ3v) is 7.07. The third kappa shape index (κ3) is 6.27. The molecule has 0 spiro atoms. The Morgan fingerprint density at radius 1 is 1.02 bits per heavy atom. The Hall–Kier alpha value is -5.13. The molecule has 0 saturated carbocycles. The van der Waals surface area contributed by atoms with E-state index in [0.29, 0.717) is 68.4 Å². The number of rotatable bonds is 7. The Morgan fingerprint density at radius 2 is 1.86 bits per heavy atom. The number of fused-ring (bicyclic) bond motifs is 1. The van der Waals surface area contributed by atoms with Gasteiger partial charge >= 0.3 is 6.09 Å². The summed E-state index contributed by atoms with van der Waals surface area (Å²) >= 11 is 0. The highest BCUT2D eigenvalue weighted by Gasteiger charge is 2.34. The van der Waals surface area contributed by atoms with Crippen LogP contribution in [-0.2, 0) is 11.3 Å². The number of piperazine rings is 1. The van der Waals surface area contributed by atoms with Crippen molar-refractivity contribution in [3.05, 3.63) is 84.6 Å². The number of hydrogen-bond acceptors (Lipinski definition) is 9. The highest BCUT2D eigenvalue weighted by molar-refractivity contribution is 5.78. The van der Waals surface area contributed by atoms with E-state index < -0.39 is 12.1 Å². The minimum absolute atomic E-state index is 0.0867. The average Bonchev–Trinajstić information content (AvgIpc) is 3.56. The maximum Gasteiger partial charge on any atom is 0.415 e. The van der Waals surface area contributed by atoms with Crippen molar-refractivity contribution in [2.75, 3.05) is 37.7 Å². The van der Waals surface area contributed by atoms with Gasteiger partial charge in [0, 0.05) is 56.8 Å². The predicted octanol–water partition coefficient (Wildman–Crippen LogP) is 3.14. The first-order valence-corrected chi connectivity index (χ1v) is 13.8. The SMILES string of the molecule is Cc1cc(N2CCN(C(=O)Oc3ccccc3)C(CC(=O)NCc3ccc4c(c3)OCCO4)C2)nc(-n2ccnc2)n1. The molecule has 2 aromatic heterocycles. The minimum atomic E-state index is -0.497. The van der Waals surface area contributed by atoms with E-state index in [1.54, 1.807) is 52.5 Å². The number of nitrogens with one attached hydrogen (secondary N) is 1. The summed E-state index contributed by atoms with van der Waals surface area (Å²) < 4.78 is 18.6. The topological polar surface area (TPSA) is 124 Å². The number of aryl methyl sites for hydroxylation is 1. The monoisotopic (exact) mass is 569 g/mol. The summed E-state index contributed by atoms with van der Waals surface area (Å²) in [5, 5.41) is 2.99. The number of ether oxygens (including phenoxy) is 3. The second-order valence-corrected chi connectivity index (χ2v) is 10.1. The molecule has 0 bridgehead atoms. The second kappa shape index (κ2) is 12.2. The highest BCUT2D eigenvalue weighted by atomic mass is 16.6. The van der Waals surface area contributed by atoms with Crippen molar-refractivity contribution in [1.29, 1.82) is 0 Å². The molecule has 6 rings (SSSR count). The summed E-state index contributed by atoms with van der Waals surface area (Å²) in [7, 11) is 0. The molecule has 1 N–H and O–H groups in total. The molecule has 12 heteroatoms. The molecule has 1 atom stereocenters. The molecule has 42 heavy (non-hydrogen) atoms. The number of carbonyl (C=O) groups is 2.